The lowest BCUT2D eigenvalue weighted by atomic mass is 10.0. The number of alkyl halides is 1. The molecule has 0 radical (unpaired) electrons. The molecule has 0 spiro atoms. The summed E-state index contributed by atoms with van der Waals surface area (Å²) in [4.78, 5) is 0. The van der Waals surface area contributed by atoms with Gasteiger partial charge in [-0.3, -0.25) is 0 Å². The van der Waals surface area contributed by atoms with Gasteiger partial charge in [-0.2, -0.15) is 0 Å². The lowest BCUT2D eigenvalue weighted by Gasteiger charge is -2.04. The molecule has 0 bridgehead atoms. The van der Waals surface area contributed by atoms with E-state index in [1.807, 2.05) is 42.5 Å². The predicted octanol–water partition coefficient (Wildman–Crippen LogP) is 5.12. The third-order valence-corrected chi connectivity index (χ3v) is 3.04. The summed E-state index contributed by atoms with van der Waals surface area (Å²) in [6, 6.07) is 17.9. The molecule has 2 aromatic rings. The molecule has 0 N–H and O–H groups in total. The lowest BCUT2D eigenvalue weighted by Crippen LogP contribution is -1.85. The second-order valence-electron chi connectivity index (χ2n) is 3.72. The van der Waals surface area contributed by atoms with E-state index in [1.54, 1.807) is 0 Å². The average Bonchev–Trinajstić information content (AvgIpc) is 2.39. The molecule has 17 heavy (non-hydrogen) atoms. The number of hydrogen-bond acceptors (Lipinski definition) is 0. The number of hydrogen-bond donors (Lipinski definition) is 0. The first-order valence-electron chi connectivity index (χ1n) is 5.37. The molecular weight excluding hydrogens is 251 g/mol. The Hall–Kier alpha value is -1.24. The van der Waals surface area contributed by atoms with Crippen molar-refractivity contribution in [1.82, 2.24) is 0 Å². The van der Waals surface area contributed by atoms with E-state index in [0.717, 1.165) is 21.7 Å². The Labute approximate surface area is 112 Å². The average molecular weight is 263 g/mol. The highest BCUT2D eigenvalue weighted by Gasteiger charge is 1.99. The minimum absolute atomic E-state index is 0.493. The number of allylic oxidation sites excluding steroid dienone is 1. The largest absolute Gasteiger partial charge is 0.122 e. The molecule has 0 fully saturated rings. The van der Waals surface area contributed by atoms with Gasteiger partial charge in [0.25, 0.3) is 0 Å². The smallest absolute Gasteiger partial charge is 0.0480 e. The van der Waals surface area contributed by atoms with Crippen molar-refractivity contribution in [3.05, 3.63) is 70.7 Å². The van der Waals surface area contributed by atoms with Crippen LogP contribution >= 0.6 is 23.2 Å². The molecular formula is C15H12Cl2. The quantitative estimate of drug-likeness (QED) is 0.532. The van der Waals surface area contributed by atoms with Crippen molar-refractivity contribution >= 4 is 34.9 Å². The van der Waals surface area contributed by atoms with Crippen LogP contribution < -0.4 is 0 Å². The molecule has 0 aromatic heterocycles. The molecule has 0 aliphatic carbocycles. The monoisotopic (exact) mass is 262 g/mol. The van der Waals surface area contributed by atoms with Crippen molar-refractivity contribution in [2.24, 2.45) is 0 Å². The maximum Gasteiger partial charge on any atom is 0.0480 e. The van der Waals surface area contributed by atoms with E-state index in [2.05, 4.69) is 18.2 Å². The number of rotatable bonds is 3. The maximum atomic E-state index is 5.99. The summed E-state index contributed by atoms with van der Waals surface area (Å²) >= 11 is 11.8. The zero-order chi connectivity index (χ0) is 12.1. The Bertz CT molecular complexity index is 498. The summed E-state index contributed by atoms with van der Waals surface area (Å²) in [6.45, 7) is 0. The van der Waals surface area contributed by atoms with Crippen molar-refractivity contribution in [3.63, 3.8) is 0 Å². The fraction of sp³-hybridized carbons (Fsp3) is 0.0667. The summed E-state index contributed by atoms with van der Waals surface area (Å²) in [7, 11) is 0. The van der Waals surface area contributed by atoms with Crippen LogP contribution in [0.4, 0.5) is 0 Å². The fourth-order valence-electron chi connectivity index (χ4n) is 1.61. The Morgan fingerprint density at radius 3 is 2.18 bits per heavy atom. The van der Waals surface area contributed by atoms with Gasteiger partial charge in [0.2, 0.25) is 0 Å². The van der Waals surface area contributed by atoms with E-state index in [9.17, 15) is 0 Å². The Morgan fingerprint density at radius 2 is 1.59 bits per heavy atom. The van der Waals surface area contributed by atoms with Crippen LogP contribution in [0.2, 0.25) is 5.02 Å². The van der Waals surface area contributed by atoms with Crippen molar-refractivity contribution in [2.75, 3.05) is 5.88 Å². The summed E-state index contributed by atoms with van der Waals surface area (Å²) in [5, 5.41) is 0.745. The highest BCUT2D eigenvalue weighted by atomic mass is 35.5. The molecule has 0 heterocycles. The van der Waals surface area contributed by atoms with Gasteiger partial charge in [0, 0.05) is 10.9 Å². The second-order valence-corrected chi connectivity index (χ2v) is 4.42. The summed E-state index contributed by atoms with van der Waals surface area (Å²) in [5.74, 6) is 0.493. The topological polar surface area (TPSA) is 0 Å². The highest BCUT2D eigenvalue weighted by Crippen LogP contribution is 2.20. The van der Waals surface area contributed by atoms with Crippen LogP contribution in [0, 0.1) is 0 Å². The van der Waals surface area contributed by atoms with E-state index in [4.69, 9.17) is 23.2 Å². The third-order valence-electron chi connectivity index (χ3n) is 2.50. The number of halogens is 2. The minimum atomic E-state index is 0.493. The third kappa shape index (κ3) is 3.36. The molecule has 0 aliphatic heterocycles. The van der Waals surface area contributed by atoms with E-state index in [1.165, 1.54) is 0 Å². The van der Waals surface area contributed by atoms with Gasteiger partial charge >= 0.3 is 0 Å². The molecule has 0 saturated carbocycles. The SMILES string of the molecule is ClC/C(=C/c1ccc(Cl)cc1)c1ccccc1. The van der Waals surface area contributed by atoms with E-state index < -0.39 is 0 Å². The van der Waals surface area contributed by atoms with Gasteiger partial charge in [0.1, 0.15) is 0 Å². The molecule has 2 rings (SSSR count). The normalized spacial score (nSPS) is 11.5. The van der Waals surface area contributed by atoms with Crippen molar-refractivity contribution in [3.8, 4) is 0 Å². The Balaban J connectivity index is 2.33. The molecule has 0 aliphatic rings. The van der Waals surface area contributed by atoms with Crippen LogP contribution in [0.15, 0.2) is 54.6 Å². The Morgan fingerprint density at radius 1 is 0.941 bits per heavy atom. The van der Waals surface area contributed by atoms with Crippen LogP contribution in [0.1, 0.15) is 11.1 Å². The standard InChI is InChI=1S/C15H12Cl2/c16-11-14(13-4-2-1-3-5-13)10-12-6-8-15(17)9-7-12/h1-10H,11H2/b14-10-. The molecule has 0 unspecified atom stereocenters. The van der Waals surface area contributed by atoms with Gasteiger partial charge in [0.05, 0.1) is 0 Å². The molecule has 0 saturated heterocycles. The van der Waals surface area contributed by atoms with Gasteiger partial charge in [0.15, 0.2) is 0 Å². The maximum absolute atomic E-state index is 5.99. The van der Waals surface area contributed by atoms with Crippen LogP contribution in [0.25, 0.3) is 11.6 Å². The van der Waals surface area contributed by atoms with E-state index in [-0.39, 0.29) is 0 Å². The van der Waals surface area contributed by atoms with Crippen LogP contribution in [-0.2, 0) is 0 Å². The molecule has 0 atom stereocenters. The van der Waals surface area contributed by atoms with Crippen LogP contribution in [0.3, 0.4) is 0 Å². The lowest BCUT2D eigenvalue weighted by molar-refractivity contribution is 1.57. The summed E-state index contributed by atoms with van der Waals surface area (Å²) < 4.78 is 0. The minimum Gasteiger partial charge on any atom is -0.122 e. The van der Waals surface area contributed by atoms with Crippen molar-refractivity contribution in [2.45, 2.75) is 0 Å². The summed E-state index contributed by atoms with van der Waals surface area (Å²) in [6.07, 6.45) is 2.08. The fourth-order valence-corrected chi connectivity index (χ4v) is 1.97. The van der Waals surface area contributed by atoms with E-state index in [0.29, 0.717) is 5.88 Å². The van der Waals surface area contributed by atoms with Gasteiger partial charge < -0.3 is 0 Å². The highest BCUT2D eigenvalue weighted by molar-refractivity contribution is 6.30. The molecule has 86 valence electrons. The second kappa shape index (κ2) is 5.90. The molecule has 2 heteroatoms. The first kappa shape index (κ1) is 12.2. The predicted molar refractivity (Wildman–Crippen MR) is 76.5 cm³/mol. The van der Waals surface area contributed by atoms with Gasteiger partial charge in [-0.1, -0.05) is 54.1 Å². The van der Waals surface area contributed by atoms with Crippen molar-refractivity contribution in [1.29, 1.82) is 0 Å². The zero-order valence-electron chi connectivity index (χ0n) is 9.24. The zero-order valence-corrected chi connectivity index (χ0v) is 10.7. The van der Waals surface area contributed by atoms with Gasteiger partial charge in [-0.25, -0.2) is 0 Å². The van der Waals surface area contributed by atoms with Gasteiger partial charge in [-0.15, -0.1) is 11.6 Å². The first-order valence-corrected chi connectivity index (χ1v) is 6.28. The number of benzene rings is 2. The van der Waals surface area contributed by atoms with E-state index >= 15 is 0 Å². The van der Waals surface area contributed by atoms with Crippen LogP contribution in [0.5, 0.6) is 0 Å². The first-order chi connectivity index (χ1) is 8.29. The molecule has 0 amide bonds. The van der Waals surface area contributed by atoms with Crippen LogP contribution in [-0.4, -0.2) is 5.88 Å². The Kier molecular flexibility index (Phi) is 4.24. The summed E-state index contributed by atoms with van der Waals surface area (Å²) in [5.41, 5.74) is 3.36. The molecule has 2 aromatic carbocycles. The molecule has 0 nitrogen and oxygen atoms in total. The van der Waals surface area contributed by atoms with Gasteiger partial charge in [-0.05, 0) is 34.9 Å². The van der Waals surface area contributed by atoms with Crippen molar-refractivity contribution < 1.29 is 0 Å².